The number of aryl methyl sites for hydroxylation is 1. The Balaban J connectivity index is 1.46. The Bertz CT molecular complexity index is 1140. The molecule has 172 valence electrons. The fraction of sp³-hybridized carbons (Fsp3) is 0.385. The molecule has 0 amide bonds. The summed E-state index contributed by atoms with van der Waals surface area (Å²) in [5, 5.41) is 3.25. The van der Waals surface area contributed by atoms with Gasteiger partial charge in [-0.2, -0.15) is 0 Å². The maximum atomic E-state index is 12.5. The molecule has 1 aromatic carbocycles. The second kappa shape index (κ2) is 9.17. The Morgan fingerprint density at radius 3 is 2.58 bits per heavy atom. The highest BCUT2D eigenvalue weighted by molar-refractivity contribution is 5.78. The lowest BCUT2D eigenvalue weighted by atomic mass is 10.1. The van der Waals surface area contributed by atoms with Crippen LogP contribution in [0.1, 0.15) is 49.9 Å². The van der Waals surface area contributed by atoms with Crippen LogP contribution in [-0.2, 0) is 16.1 Å². The van der Waals surface area contributed by atoms with Crippen LogP contribution in [0.5, 0.6) is 5.75 Å². The molecular weight excluding hydrogens is 416 g/mol. The number of hydrogen-bond acceptors (Lipinski definition) is 7. The zero-order chi connectivity index (χ0) is 23.6. The van der Waals surface area contributed by atoms with E-state index in [1.54, 1.807) is 19.5 Å². The van der Waals surface area contributed by atoms with E-state index in [-0.39, 0.29) is 17.8 Å². The van der Waals surface area contributed by atoms with E-state index in [0.29, 0.717) is 24.7 Å². The highest BCUT2D eigenvalue weighted by Gasteiger charge is 2.48. The summed E-state index contributed by atoms with van der Waals surface area (Å²) < 4.78 is 11.1. The highest BCUT2D eigenvalue weighted by atomic mass is 16.6. The first-order valence-electron chi connectivity index (χ1n) is 11.1. The molecule has 0 aliphatic heterocycles. The van der Waals surface area contributed by atoms with Crippen LogP contribution in [0.2, 0.25) is 0 Å². The van der Waals surface area contributed by atoms with Crippen LogP contribution in [0, 0.1) is 12.8 Å². The third-order valence-electron chi connectivity index (χ3n) is 5.44. The van der Waals surface area contributed by atoms with Gasteiger partial charge in [-0.1, -0.05) is 29.8 Å². The number of hydrogen-bond donors (Lipinski definition) is 1. The van der Waals surface area contributed by atoms with Crippen LogP contribution in [0.4, 0.5) is 5.95 Å². The van der Waals surface area contributed by atoms with E-state index < -0.39 is 5.60 Å². The molecule has 4 rings (SSSR count). The average Bonchev–Trinajstić information content (AvgIpc) is 3.58. The lowest BCUT2D eigenvalue weighted by Crippen LogP contribution is -2.25. The van der Waals surface area contributed by atoms with Gasteiger partial charge in [0.25, 0.3) is 0 Å². The van der Waals surface area contributed by atoms with Crippen molar-refractivity contribution in [2.75, 3.05) is 12.4 Å². The van der Waals surface area contributed by atoms with Crippen molar-refractivity contribution in [1.29, 1.82) is 0 Å². The van der Waals surface area contributed by atoms with Crippen molar-refractivity contribution in [3.05, 3.63) is 65.6 Å². The third-order valence-corrected chi connectivity index (χ3v) is 5.44. The first-order chi connectivity index (χ1) is 15.7. The largest absolute Gasteiger partial charge is 0.495 e. The number of methoxy groups -OCH3 is 1. The van der Waals surface area contributed by atoms with Gasteiger partial charge in [0, 0.05) is 30.4 Å². The Morgan fingerprint density at radius 1 is 1.15 bits per heavy atom. The van der Waals surface area contributed by atoms with Crippen LogP contribution in [-0.4, -0.2) is 33.6 Å². The maximum absolute atomic E-state index is 12.5. The molecule has 0 saturated heterocycles. The molecule has 7 nitrogen and oxygen atoms in total. The third kappa shape index (κ3) is 5.66. The number of esters is 1. The summed E-state index contributed by atoms with van der Waals surface area (Å²) in [6.07, 6.45) is 4.21. The molecule has 2 heterocycles. The van der Waals surface area contributed by atoms with E-state index in [2.05, 4.69) is 40.4 Å². The van der Waals surface area contributed by atoms with Gasteiger partial charge in [-0.25, -0.2) is 15.0 Å². The van der Waals surface area contributed by atoms with E-state index in [4.69, 9.17) is 14.5 Å². The molecule has 1 fully saturated rings. The summed E-state index contributed by atoms with van der Waals surface area (Å²) in [6, 6.07) is 12.1. The summed E-state index contributed by atoms with van der Waals surface area (Å²) in [5.41, 5.74) is 4.20. The second-order valence-corrected chi connectivity index (χ2v) is 9.40. The summed E-state index contributed by atoms with van der Waals surface area (Å²) in [6.45, 7) is 8.35. The molecule has 2 aromatic heterocycles. The summed E-state index contributed by atoms with van der Waals surface area (Å²) in [7, 11) is 1.61. The van der Waals surface area contributed by atoms with E-state index >= 15 is 0 Å². The molecule has 0 bridgehead atoms. The van der Waals surface area contributed by atoms with Gasteiger partial charge >= 0.3 is 5.97 Å². The topological polar surface area (TPSA) is 86.2 Å². The first-order valence-corrected chi connectivity index (χ1v) is 11.1. The minimum absolute atomic E-state index is 0.00839. The van der Waals surface area contributed by atoms with Crippen LogP contribution in [0.3, 0.4) is 0 Å². The summed E-state index contributed by atoms with van der Waals surface area (Å²) in [4.78, 5) is 26.1. The van der Waals surface area contributed by atoms with Crippen molar-refractivity contribution in [2.24, 2.45) is 5.92 Å². The zero-order valence-electron chi connectivity index (χ0n) is 19.8. The fourth-order valence-electron chi connectivity index (χ4n) is 3.75. The fourth-order valence-corrected chi connectivity index (χ4v) is 3.75. The van der Waals surface area contributed by atoms with E-state index in [0.717, 1.165) is 17.0 Å². The van der Waals surface area contributed by atoms with Gasteiger partial charge in [-0.05, 0) is 51.8 Å². The molecule has 1 aliphatic rings. The van der Waals surface area contributed by atoms with Gasteiger partial charge < -0.3 is 14.8 Å². The standard InChI is InChI=1S/C26H30N4O3/c1-16-7-6-8-17(11-16)13-27-25-28-14-18(15-29-25)21-9-10-22(32-5)23(30-21)19-12-20(19)24(31)33-26(2,3)4/h6-11,14-15,19-20H,12-13H2,1-5H3,(H,27,28,29)/t19-,20-/m1/s1. The van der Waals surface area contributed by atoms with Crippen LogP contribution in [0.25, 0.3) is 11.3 Å². The molecule has 0 unspecified atom stereocenters. The lowest BCUT2D eigenvalue weighted by Gasteiger charge is -2.19. The Labute approximate surface area is 194 Å². The monoisotopic (exact) mass is 446 g/mol. The Hall–Kier alpha value is -3.48. The van der Waals surface area contributed by atoms with E-state index in [9.17, 15) is 4.79 Å². The second-order valence-electron chi connectivity index (χ2n) is 9.40. The minimum atomic E-state index is -0.504. The minimum Gasteiger partial charge on any atom is -0.495 e. The molecule has 1 N–H and O–H groups in total. The molecule has 33 heavy (non-hydrogen) atoms. The van der Waals surface area contributed by atoms with E-state index in [1.807, 2.05) is 39.0 Å². The van der Waals surface area contributed by atoms with E-state index in [1.165, 1.54) is 11.1 Å². The van der Waals surface area contributed by atoms with Crippen molar-refractivity contribution in [3.63, 3.8) is 0 Å². The van der Waals surface area contributed by atoms with Crippen molar-refractivity contribution < 1.29 is 14.3 Å². The number of carbonyl (C=O) groups is 1. The number of nitrogens with one attached hydrogen (secondary N) is 1. The van der Waals surface area contributed by atoms with Crippen molar-refractivity contribution in [1.82, 2.24) is 15.0 Å². The maximum Gasteiger partial charge on any atom is 0.310 e. The van der Waals surface area contributed by atoms with Gasteiger partial charge in [0.15, 0.2) is 0 Å². The SMILES string of the molecule is COc1ccc(-c2cnc(NCc3cccc(C)c3)nc2)nc1[C@@H]1C[C@H]1C(=O)OC(C)(C)C. The lowest BCUT2D eigenvalue weighted by molar-refractivity contribution is -0.156. The number of pyridine rings is 1. The molecule has 1 saturated carbocycles. The number of carbonyl (C=O) groups excluding carboxylic acids is 1. The number of ether oxygens (including phenoxy) is 2. The van der Waals surface area contributed by atoms with Gasteiger partial charge in [0.2, 0.25) is 5.95 Å². The van der Waals surface area contributed by atoms with Gasteiger partial charge in [-0.15, -0.1) is 0 Å². The molecule has 3 aromatic rings. The predicted octanol–water partition coefficient (Wildman–Crippen LogP) is 4.91. The molecule has 1 aliphatic carbocycles. The molecular formula is C26H30N4O3. The molecule has 2 atom stereocenters. The number of nitrogens with zero attached hydrogens (tertiary/aromatic N) is 3. The van der Waals surface area contributed by atoms with Crippen LogP contribution in [0.15, 0.2) is 48.8 Å². The van der Waals surface area contributed by atoms with Gasteiger partial charge in [0.05, 0.1) is 24.4 Å². The van der Waals surface area contributed by atoms with Crippen LogP contribution < -0.4 is 10.1 Å². The summed E-state index contributed by atoms with van der Waals surface area (Å²) in [5.74, 6) is 0.846. The molecule has 0 radical (unpaired) electrons. The van der Waals surface area contributed by atoms with Crippen molar-refractivity contribution in [2.45, 2.75) is 52.2 Å². The number of benzene rings is 1. The zero-order valence-corrected chi connectivity index (χ0v) is 19.8. The summed E-state index contributed by atoms with van der Waals surface area (Å²) >= 11 is 0. The van der Waals surface area contributed by atoms with Crippen LogP contribution >= 0.6 is 0 Å². The van der Waals surface area contributed by atoms with Gasteiger partial charge in [-0.3, -0.25) is 4.79 Å². The smallest absolute Gasteiger partial charge is 0.310 e. The predicted molar refractivity (Wildman–Crippen MR) is 127 cm³/mol. The van der Waals surface area contributed by atoms with Gasteiger partial charge in [0.1, 0.15) is 11.4 Å². The Morgan fingerprint density at radius 2 is 1.91 bits per heavy atom. The number of rotatable bonds is 7. The average molecular weight is 447 g/mol. The highest BCUT2D eigenvalue weighted by Crippen LogP contribution is 2.51. The first kappa shape index (κ1) is 22.7. The molecule has 7 heteroatoms. The van der Waals surface area contributed by atoms with Crippen molar-refractivity contribution in [3.8, 4) is 17.0 Å². The molecule has 0 spiro atoms. The van der Waals surface area contributed by atoms with Crippen molar-refractivity contribution >= 4 is 11.9 Å². The number of aromatic nitrogens is 3. The Kier molecular flexibility index (Phi) is 6.31. The quantitative estimate of drug-likeness (QED) is 0.516. The normalized spacial score (nSPS) is 17.4. The number of anilines is 1.